The molecule has 168 valence electrons. The van der Waals surface area contributed by atoms with Crippen LogP contribution in [0.5, 0.6) is 0 Å². The van der Waals surface area contributed by atoms with Crippen LogP contribution in [-0.4, -0.2) is 59.9 Å². The number of aliphatic hydroxyl groups is 1. The summed E-state index contributed by atoms with van der Waals surface area (Å²) < 4.78 is 10.1. The van der Waals surface area contributed by atoms with Crippen molar-refractivity contribution in [2.45, 2.75) is 57.8 Å². The van der Waals surface area contributed by atoms with Crippen LogP contribution >= 0.6 is 11.6 Å². The zero-order valence-corrected chi connectivity index (χ0v) is 18.8. The summed E-state index contributed by atoms with van der Waals surface area (Å²) in [4.78, 5) is 25.5. The average Bonchev–Trinajstić information content (AvgIpc) is 2.69. The van der Waals surface area contributed by atoms with E-state index in [0.29, 0.717) is 17.9 Å². The summed E-state index contributed by atoms with van der Waals surface area (Å²) in [5.41, 5.74) is 0.948. The highest BCUT2D eigenvalue weighted by Crippen LogP contribution is 2.19. The number of esters is 1. The molecule has 2 atom stereocenters. The van der Waals surface area contributed by atoms with Crippen molar-refractivity contribution in [1.82, 2.24) is 4.90 Å². The van der Waals surface area contributed by atoms with Crippen molar-refractivity contribution >= 4 is 23.5 Å². The maximum atomic E-state index is 12.3. The van der Waals surface area contributed by atoms with Crippen LogP contribution in [0.1, 0.15) is 38.7 Å². The summed E-state index contributed by atoms with van der Waals surface area (Å²) in [6, 6.07) is 7.29. The lowest BCUT2D eigenvalue weighted by molar-refractivity contribution is -0.152. The summed E-state index contributed by atoms with van der Waals surface area (Å²) in [7, 11) is 0. The Morgan fingerprint density at radius 1 is 1.39 bits per heavy atom. The van der Waals surface area contributed by atoms with Gasteiger partial charge in [0.05, 0.1) is 24.8 Å². The summed E-state index contributed by atoms with van der Waals surface area (Å²) in [5.74, 6) is 5.37. The van der Waals surface area contributed by atoms with Gasteiger partial charge in [0.15, 0.2) is 0 Å². The van der Waals surface area contributed by atoms with Gasteiger partial charge in [0.2, 0.25) is 5.91 Å². The Morgan fingerprint density at radius 3 is 2.94 bits per heavy atom. The number of carbonyl (C=O) groups is 2. The second-order valence-corrected chi connectivity index (χ2v) is 8.09. The van der Waals surface area contributed by atoms with Crippen molar-refractivity contribution in [1.29, 1.82) is 0 Å². The van der Waals surface area contributed by atoms with Gasteiger partial charge in [-0.05, 0) is 44.4 Å². The minimum absolute atomic E-state index is 0.0426. The van der Waals surface area contributed by atoms with Crippen LogP contribution in [0, 0.1) is 11.8 Å². The molecular formula is C24H30ClNO5. The Bertz CT molecular complexity index is 827. The van der Waals surface area contributed by atoms with E-state index in [1.54, 1.807) is 30.9 Å². The first-order chi connectivity index (χ1) is 14.8. The van der Waals surface area contributed by atoms with Crippen molar-refractivity contribution in [3.05, 3.63) is 47.0 Å². The molecule has 6 nitrogen and oxygen atoms in total. The number of aliphatic hydroxyl groups excluding tert-OH is 1. The zero-order chi connectivity index (χ0) is 22.6. The SMILES string of the molecule is CC(C)OC(=O)COCC#CCN1C(=O)CCCC1C=C[C@H](O)Cc1cccc(Cl)c1. The molecule has 1 saturated heterocycles. The minimum Gasteiger partial charge on any atom is -0.461 e. The van der Waals surface area contributed by atoms with Gasteiger partial charge in [-0.3, -0.25) is 4.79 Å². The molecule has 0 aliphatic carbocycles. The summed E-state index contributed by atoms with van der Waals surface area (Å²) >= 11 is 5.99. The molecule has 0 saturated carbocycles. The third-order valence-electron chi connectivity index (χ3n) is 4.64. The summed E-state index contributed by atoms with van der Waals surface area (Å²) in [6.45, 7) is 3.76. The second kappa shape index (κ2) is 13.2. The lowest BCUT2D eigenvalue weighted by Crippen LogP contribution is -2.42. The van der Waals surface area contributed by atoms with Gasteiger partial charge in [0, 0.05) is 17.9 Å². The van der Waals surface area contributed by atoms with E-state index in [1.807, 2.05) is 24.3 Å². The van der Waals surface area contributed by atoms with Crippen molar-refractivity contribution in [2.24, 2.45) is 0 Å². The lowest BCUT2D eigenvalue weighted by atomic mass is 9.99. The molecule has 0 spiro atoms. The number of hydrogen-bond donors (Lipinski definition) is 1. The molecule has 1 heterocycles. The predicted octanol–water partition coefficient (Wildman–Crippen LogP) is 3.15. The van der Waals surface area contributed by atoms with Gasteiger partial charge >= 0.3 is 5.97 Å². The first kappa shape index (κ1) is 24.9. The Labute approximate surface area is 189 Å². The number of hydrogen-bond acceptors (Lipinski definition) is 5. The van der Waals surface area contributed by atoms with Gasteiger partial charge in [-0.15, -0.1) is 0 Å². The van der Waals surface area contributed by atoms with Gasteiger partial charge in [0.25, 0.3) is 0 Å². The number of rotatable bonds is 9. The second-order valence-electron chi connectivity index (χ2n) is 7.65. The molecule has 0 aromatic heterocycles. The number of halogens is 1. The van der Waals surface area contributed by atoms with E-state index in [9.17, 15) is 14.7 Å². The number of nitrogens with zero attached hydrogens (tertiary/aromatic N) is 1. The van der Waals surface area contributed by atoms with Crippen molar-refractivity contribution < 1.29 is 24.2 Å². The summed E-state index contributed by atoms with van der Waals surface area (Å²) in [5, 5.41) is 11.0. The number of ether oxygens (including phenoxy) is 2. The van der Waals surface area contributed by atoms with Gasteiger partial charge < -0.3 is 19.5 Å². The first-order valence-corrected chi connectivity index (χ1v) is 10.9. The molecule has 1 amide bonds. The minimum atomic E-state index is -0.664. The van der Waals surface area contributed by atoms with Crippen LogP contribution in [0.3, 0.4) is 0 Å². The molecule has 0 bridgehead atoms. The van der Waals surface area contributed by atoms with E-state index in [0.717, 1.165) is 18.4 Å². The highest BCUT2D eigenvalue weighted by molar-refractivity contribution is 6.30. The van der Waals surface area contributed by atoms with Crippen LogP contribution in [0.25, 0.3) is 0 Å². The van der Waals surface area contributed by atoms with E-state index in [4.69, 9.17) is 21.1 Å². The van der Waals surface area contributed by atoms with Gasteiger partial charge in [-0.25, -0.2) is 4.79 Å². The first-order valence-electron chi connectivity index (χ1n) is 10.5. The quantitative estimate of drug-likeness (QED) is 0.272. The Hall–Kier alpha value is -2.33. The fourth-order valence-electron chi connectivity index (χ4n) is 3.26. The van der Waals surface area contributed by atoms with Crippen LogP contribution in [0.15, 0.2) is 36.4 Å². The maximum absolute atomic E-state index is 12.3. The van der Waals surface area contributed by atoms with Crippen molar-refractivity contribution in [2.75, 3.05) is 19.8 Å². The molecule has 1 aromatic carbocycles. The molecule has 1 fully saturated rings. The predicted molar refractivity (Wildman–Crippen MR) is 119 cm³/mol. The fraction of sp³-hybridized carbons (Fsp3) is 0.500. The number of piperidine rings is 1. The molecule has 1 aliphatic rings. The van der Waals surface area contributed by atoms with Gasteiger partial charge in [-0.2, -0.15) is 0 Å². The molecule has 0 radical (unpaired) electrons. The largest absolute Gasteiger partial charge is 0.461 e. The standard InChI is InChI=1S/C24H30ClNO5/c1-18(2)31-24(29)17-30-14-4-3-13-26-21(9-6-10-23(26)28)11-12-22(27)16-19-7-5-8-20(25)15-19/h5,7-8,11-12,15,18,21-22,27H,6,9-10,13-14,16-17H2,1-2H3/t21?,22-/m0/s1. The average molecular weight is 448 g/mol. The van der Waals surface area contributed by atoms with Gasteiger partial charge in [-0.1, -0.05) is 47.7 Å². The third-order valence-corrected chi connectivity index (χ3v) is 4.87. The van der Waals surface area contributed by atoms with Crippen molar-refractivity contribution in [3.8, 4) is 11.8 Å². The number of likely N-dealkylation sites (tertiary alicyclic amines) is 1. The van der Waals surface area contributed by atoms with E-state index in [1.165, 1.54) is 0 Å². The van der Waals surface area contributed by atoms with Crippen LogP contribution in [0.2, 0.25) is 5.02 Å². The van der Waals surface area contributed by atoms with E-state index < -0.39 is 12.1 Å². The summed E-state index contributed by atoms with van der Waals surface area (Å²) in [6.07, 6.45) is 5.35. The van der Waals surface area contributed by atoms with Crippen LogP contribution in [0.4, 0.5) is 0 Å². The maximum Gasteiger partial charge on any atom is 0.332 e. The van der Waals surface area contributed by atoms with Crippen LogP contribution in [-0.2, 0) is 25.5 Å². The number of amides is 1. The van der Waals surface area contributed by atoms with E-state index in [2.05, 4.69) is 11.8 Å². The molecule has 31 heavy (non-hydrogen) atoms. The lowest BCUT2D eigenvalue weighted by Gasteiger charge is -2.32. The smallest absolute Gasteiger partial charge is 0.332 e. The molecule has 1 aromatic rings. The topological polar surface area (TPSA) is 76.1 Å². The monoisotopic (exact) mass is 447 g/mol. The molecule has 7 heteroatoms. The molecule has 1 N–H and O–H groups in total. The van der Waals surface area contributed by atoms with E-state index in [-0.39, 0.29) is 37.8 Å². The van der Waals surface area contributed by atoms with E-state index >= 15 is 0 Å². The number of carbonyl (C=O) groups excluding carboxylic acids is 2. The van der Waals surface area contributed by atoms with Crippen molar-refractivity contribution in [3.63, 3.8) is 0 Å². The Kier molecular flexibility index (Phi) is 10.6. The third kappa shape index (κ3) is 9.56. The molecular weight excluding hydrogens is 418 g/mol. The fourth-order valence-corrected chi connectivity index (χ4v) is 3.47. The number of benzene rings is 1. The van der Waals surface area contributed by atoms with Crippen LogP contribution < -0.4 is 0 Å². The highest BCUT2D eigenvalue weighted by Gasteiger charge is 2.25. The van der Waals surface area contributed by atoms with Gasteiger partial charge in [0.1, 0.15) is 13.2 Å². The Balaban J connectivity index is 1.83. The molecule has 2 rings (SSSR count). The Morgan fingerprint density at radius 2 is 2.19 bits per heavy atom. The normalized spacial score (nSPS) is 17.5. The molecule has 1 aliphatic heterocycles. The zero-order valence-electron chi connectivity index (χ0n) is 18.1. The molecule has 1 unspecified atom stereocenters. The highest BCUT2D eigenvalue weighted by atomic mass is 35.5.